The fourth-order valence-electron chi connectivity index (χ4n) is 1.66. The average Bonchev–Trinajstić information content (AvgIpc) is 2.57. The smallest absolute Gasteiger partial charge is 0.268 e. The Balaban J connectivity index is 1.98. The van der Waals surface area contributed by atoms with Gasteiger partial charge in [-0.2, -0.15) is 0 Å². The number of oxime groups is 1. The van der Waals surface area contributed by atoms with Crippen LogP contribution < -0.4 is 5.32 Å². The molecule has 2 rings (SSSR count). The van der Waals surface area contributed by atoms with Crippen molar-refractivity contribution in [3.63, 3.8) is 0 Å². The maximum absolute atomic E-state index is 13.5. The average molecular weight is 340 g/mol. The zero-order chi connectivity index (χ0) is 17.7. The summed E-state index contributed by atoms with van der Waals surface area (Å²) in [4.78, 5) is 16.6. The maximum Gasteiger partial charge on any atom is 0.268 e. The van der Waals surface area contributed by atoms with E-state index in [2.05, 4.69) is 5.16 Å². The summed E-state index contributed by atoms with van der Waals surface area (Å²) in [7, 11) is 0. The van der Waals surface area contributed by atoms with Crippen LogP contribution >= 0.6 is 0 Å². The van der Waals surface area contributed by atoms with E-state index in [-0.39, 0.29) is 5.56 Å². The van der Waals surface area contributed by atoms with Crippen LogP contribution in [-0.4, -0.2) is 18.2 Å². The number of benzene rings is 2. The van der Waals surface area contributed by atoms with Crippen LogP contribution in [0.15, 0.2) is 41.6 Å². The van der Waals surface area contributed by atoms with Gasteiger partial charge in [-0.15, -0.1) is 0 Å². The maximum atomic E-state index is 13.5. The zero-order valence-corrected chi connectivity index (χ0v) is 12.4. The number of anilines is 1. The Bertz CT molecular complexity index is 781. The van der Waals surface area contributed by atoms with Crippen molar-refractivity contribution in [3.05, 3.63) is 65.2 Å². The molecule has 0 aliphatic carbocycles. The molecule has 0 radical (unpaired) electrons. The lowest BCUT2D eigenvalue weighted by molar-refractivity contribution is -0.126. The first kappa shape index (κ1) is 17.5. The summed E-state index contributed by atoms with van der Waals surface area (Å²) >= 11 is 0. The molecule has 0 heterocycles. The molecule has 0 bridgehead atoms. The highest BCUT2D eigenvalue weighted by Gasteiger charge is 2.19. The van der Waals surface area contributed by atoms with Crippen molar-refractivity contribution in [2.24, 2.45) is 5.16 Å². The molecule has 0 aliphatic heterocycles. The third-order valence-corrected chi connectivity index (χ3v) is 2.98. The largest absolute Gasteiger partial charge is 0.383 e. The lowest BCUT2D eigenvalue weighted by Gasteiger charge is -2.11. The Morgan fingerprint density at radius 3 is 2.50 bits per heavy atom. The summed E-state index contributed by atoms with van der Waals surface area (Å²) in [5.74, 6) is -5.95. The summed E-state index contributed by atoms with van der Waals surface area (Å²) in [5, 5.41) is 5.51. The summed E-state index contributed by atoms with van der Waals surface area (Å²) in [6.07, 6.45) is -0.113. The predicted molar refractivity (Wildman–Crippen MR) is 79.5 cm³/mol. The van der Waals surface area contributed by atoms with E-state index in [1.165, 1.54) is 25.1 Å². The van der Waals surface area contributed by atoms with E-state index in [0.29, 0.717) is 6.07 Å². The van der Waals surface area contributed by atoms with Gasteiger partial charge in [0, 0.05) is 5.56 Å². The first-order valence-electron chi connectivity index (χ1n) is 6.78. The van der Waals surface area contributed by atoms with Crippen LogP contribution in [0.4, 0.5) is 23.2 Å². The number of hydrogen-bond acceptors (Lipinski definition) is 3. The highest BCUT2D eigenvalue weighted by atomic mass is 19.2. The molecule has 0 saturated carbocycles. The van der Waals surface area contributed by atoms with Gasteiger partial charge >= 0.3 is 0 Å². The number of carbonyl (C=O) groups excluding carboxylic acids is 1. The van der Waals surface area contributed by atoms with Gasteiger partial charge in [0.05, 0.1) is 11.9 Å². The second kappa shape index (κ2) is 7.58. The Morgan fingerprint density at radius 2 is 1.79 bits per heavy atom. The fraction of sp³-hybridized carbons (Fsp3) is 0.125. The van der Waals surface area contributed by atoms with Crippen molar-refractivity contribution in [2.45, 2.75) is 13.0 Å². The van der Waals surface area contributed by atoms with Crippen molar-refractivity contribution in [3.8, 4) is 0 Å². The molecule has 1 N–H and O–H groups in total. The molecule has 1 atom stereocenters. The zero-order valence-electron chi connectivity index (χ0n) is 12.4. The number of hydrogen-bond donors (Lipinski definition) is 1. The Morgan fingerprint density at radius 1 is 1.08 bits per heavy atom. The Hall–Kier alpha value is -2.90. The molecule has 8 heteroatoms. The normalized spacial score (nSPS) is 12.2. The van der Waals surface area contributed by atoms with Gasteiger partial charge in [0.2, 0.25) is 6.10 Å². The van der Waals surface area contributed by atoms with Crippen LogP contribution in [0.2, 0.25) is 0 Å². The Kier molecular flexibility index (Phi) is 5.51. The third kappa shape index (κ3) is 4.09. The van der Waals surface area contributed by atoms with Gasteiger partial charge in [-0.05, 0) is 25.1 Å². The standard InChI is InChI=1S/C16H12F4N2O2/c1-9(24-21-8-10-4-2-3-5-11(10)17)16(23)22-13-7-6-12(18)14(19)15(13)20/h2-9H,1H3,(H,22,23)/b21-8-/t9-/m0/s1. The van der Waals surface area contributed by atoms with Crippen LogP contribution in [0.25, 0.3) is 0 Å². The quantitative estimate of drug-likeness (QED) is 0.391. The molecule has 0 unspecified atom stereocenters. The second-order valence-electron chi connectivity index (χ2n) is 4.72. The van der Waals surface area contributed by atoms with E-state index in [9.17, 15) is 22.4 Å². The van der Waals surface area contributed by atoms with E-state index in [4.69, 9.17) is 4.84 Å². The van der Waals surface area contributed by atoms with E-state index in [1.54, 1.807) is 6.07 Å². The van der Waals surface area contributed by atoms with Crippen LogP contribution in [0, 0.1) is 23.3 Å². The molecular formula is C16H12F4N2O2. The van der Waals surface area contributed by atoms with Crippen molar-refractivity contribution in [2.75, 3.05) is 5.32 Å². The SMILES string of the molecule is C[C@H](O/N=C\c1ccccc1F)C(=O)Nc1ccc(F)c(F)c1F. The summed E-state index contributed by atoms with van der Waals surface area (Å²) in [6, 6.07) is 7.32. The number of halogens is 4. The molecule has 2 aromatic rings. The van der Waals surface area contributed by atoms with Crippen LogP contribution in [0.5, 0.6) is 0 Å². The number of rotatable bonds is 5. The number of amides is 1. The lowest BCUT2D eigenvalue weighted by Crippen LogP contribution is -2.27. The van der Waals surface area contributed by atoms with Gasteiger partial charge in [-0.25, -0.2) is 17.6 Å². The van der Waals surface area contributed by atoms with E-state index >= 15 is 0 Å². The molecule has 0 fully saturated rings. The van der Waals surface area contributed by atoms with Crippen LogP contribution in [0.3, 0.4) is 0 Å². The van der Waals surface area contributed by atoms with Crippen LogP contribution in [-0.2, 0) is 9.63 Å². The van der Waals surface area contributed by atoms with Crippen molar-refractivity contribution < 1.29 is 27.2 Å². The molecule has 0 spiro atoms. The fourth-order valence-corrected chi connectivity index (χ4v) is 1.66. The van der Waals surface area contributed by atoms with Crippen molar-refractivity contribution in [1.82, 2.24) is 0 Å². The highest BCUT2D eigenvalue weighted by molar-refractivity contribution is 5.94. The monoisotopic (exact) mass is 340 g/mol. The summed E-state index contributed by atoms with van der Waals surface area (Å²) in [5.41, 5.74) is -0.385. The van der Waals surface area contributed by atoms with E-state index < -0.39 is 41.0 Å². The number of nitrogens with zero attached hydrogens (tertiary/aromatic N) is 1. The van der Waals surface area contributed by atoms with Gasteiger partial charge in [-0.1, -0.05) is 23.4 Å². The summed E-state index contributed by atoms with van der Waals surface area (Å²) < 4.78 is 52.7. The van der Waals surface area contributed by atoms with Gasteiger partial charge in [0.1, 0.15) is 5.82 Å². The topological polar surface area (TPSA) is 50.7 Å². The lowest BCUT2D eigenvalue weighted by atomic mass is 10.2. The van der Waals surface area contributed by atoms with Gasteiger partial charge in [0.25, 0.3) is 5.91 Å². The Labute approximate surface area is 134 Å². The molecule has 2 aromatic carbocycles. The third-order valence-electron chi connectivity index (χ3n) is 2.98. The minimum absolute atomic E-state index is 0.150. The minimum atomic E-state index is -1.70. The predicted octanol–water partition coefficient (Wildman–Crippen LogP) is 3.62. The van der Waals surface area contributed by atoms with E-state index in [0.717, 1.165) is 12.3 Å². The van der Waals surface area contributed by atoms with Crippen molar-refractivity contribution >= 4 is 17.8 Å². The molecule has 4 nitrogen and oxygen atoms in total. The van der Waals surface area contributed by atoms with Gasteiger partial charge in [-0.3, -0.25) is 4.79 Å². The first-order chi connectivity index (χ1) is 11.4. The molecule has 0 aromatic heterocycles. The van der Waals surface area contributed by atoms with Crippen molar-refractivity contribution in [1.29, 1.82) is 0 Å². The molecular weight excluding hydrogens is 328 g/mol. The molecule has 0 saturated heterocycles. The van der Waals surface area contributed by atoms with Gasteiger partial charge < -0.3 is 10.2 Å². The van der Waals surface area contributed by atoms with Gasteiger partial charge in [0.15, 0.2) is 17.5 Å². The molecule has 1 amide bonds. The molecule has 126 valence electrons. The van der Waals surface area contributed by atoms with E-state index in [1.807, 2.05) is 5.32 Å². The molecule has 24 heavy (non-hydrogen) atoms. The number of nitrogens with one attached hydrogen (secondary N) is 1. The highest BCUT2D eigenvalue weighted by Crippen LogP contribution is 2.19. The van der Waals surface area contributed by atoms with Crippen LogP contribution in [0.1, 0.15) is 12.5 Å². The first-order valence-corrected chi connectivity index (χ1v) is 6.78. The number of carbonyl (C=O) groups is 1. The molecule has 0 aliphatic rings. The second-order valence-corrected chi connectivity index (χ2v) is 4.72. The minimum Gasteiger partial charge on any atom is -0.383 e. The summed E-state index contributed by atoms with van der Waals surface area (Å²) in [6.45, 7) is 1.30.